The van der Waals surface area contributed by atoms with Crippen LogP contribution < -0.4 is 5.32 Å². The smallest absolute Gasteiger partial charge is 0.329 e. The van der Waals surface area contributed by atoms with Gasteiger partial charge in [0.15, 0.2) is 5.82 Å². The molecule has 2 amide bonds. The van der Waals surface area contributed by atoms with Crippen molar-refractivity contribution in [3.05, 3.63) is 12.2 Å². The number of aromatic nitrogens is 2. The second-order valence-electron chi connectivity index (χ2n) is 4.11. The van der Waals surface area contributed by atoms with Crippen molar-refractivity contribution in [2.24, 2.45) is 0 Å². The molecule has 1 heterocycles. The fourth-order valence-electron chi connectivity index (χ4n) is 1.43. The van der Waals surface area contributed by atoms with Crippen molar-refractivity contribution in [3.8, 4) is 0 Å². The number of aliphatic carboxylic acids is 1. The van der Waals surface area contributed by atoms with Crippen LogP contribution in [0.2, 0.25) is 0 Å². The molecule has 100 valence electrons. The molecule has 0 aliphatic carbocycles. The number of carboxylic acids is 1. The standard InChI is InChI=1S/C10H16N4O4/c1-4-14(10(2,3)8(15)16)9(17)11-5-7-12-6-18-13-7/h6H,4-5H2,1-3H3,(H,11,17)(H,15,16). The average molecular weight is 256 g/mol. The molecule has 0 aliphatic rings. The maximum atomic E-state index is 11.9. The van der Waals surface area contributed by atoms with Crippen LogP contribution in [-0.2, 0) is 11.3 Å². The number of rotatable bonds is 5. The minimum absolute atomic E-state index is 0.0849. The lowest BCUT2D eigenvalue weighted by Crippen LogP contribution is -2.55. The Labute approximate surface area is 104 Å². The SMILES string of the molecule is CCN(C(=O)NCc1ncon1)C(C)(C)C(=O)O. The van der Waals surface area contributed by atoms with Gasteiger partial charge in [0.2, 0.25) is 6.39 Å². The molecule has 0 bridgehead atoms. The first kappa shape index (κ1) is 13.9. The third-order valence-corrected chi connectivity index (χ3v) is 2.56. The van der Waals surface area contributed by atoms with E-state index < -0.39 is 17.5 Å². The van der Waals surface area contributed by atoms with Gasteiger partial charge in [-0.25, -0.2) is 9.59 Å². The van der Waals surface area contributed by atoms with E-state index in [0.29, 0.717) is 5.82 Å². The van der Waals surface area contributed by atoms with Crippen molar-refractivity contribution in [1.82, 2.24) is 20.4 Å². The first-order chi connectivity index (χ1) is 8.39. The molecule has 1 aromatic heterocycles. The number of likely N-dealkylation sites (N-methyl/N-ethyl adjacent to an activating group) is 1. The number of amides is 2. The molecule has 0 aromatic carbocycles. The Morgan fingerprint density at radius 2 is 2.22 bits per heavy atom. The second-order valence-corrected chi connectivity index (χ2v) is 4.11. The highest BCUT2D eigenvalue weighted by Crippen LogP contribution is 2.14. The van der Waals surface area contributed by atoms with Gasteiger partial charge >= 0.3 is 12.0 Å². The van der Waals surface area contributed by atoms with E-state index in [1.807, 2.05) is 0 Å². The van der Waals surface area contributed by atoms with Crippen LogP contribution in [0.3, 0.4) is 0 Å². The van der Waals surface area contributed by atoms with Crippen LogP contribution in [0, 0.1) is 0 Å². The third kappa shape index (κ3) is 2.96. The minimum atomic E-state index is -1.28. The lowest BCUT2D eigenvalue weighted by molar-refractivity contribution is -0.147. The highest BCUT2D eigenvalue weighted by molar-refractivity contribution is 5.85. The van der Waals surface area contributed by atoms with E-state index in [-0.39, 0.29) is 13.1 Å². The molecule has 0 aliphatic heterocycles. The summed E-state index contributed by atoms with van der Waals surface area (Å²) in [7, 11) is 0. The molecule has 2 N–H and O–H groups in total. The van der Waals surface area contributed by atoms with Crippen LogP contribution in [0.5, 0.6) is 0 Å². The predicted molar refractivity (Wildman–Crippen MR) is 60.6 cm³/mol. The van der Waals surface area contributed by atoms with E-state index in [2.05, 4.69) is 20.0 Å². The van der Waals surface area contributed by atoms with Gasteiger partial charge in [0.1, 0.15) is 5.54 Å². The Kier molecular flexibility index (Phi) is 4.24. The highest BCUT2D eigenvalue weighted by Gasteiger charge is 2.36. The van der Waals surface area contributed by atoms with Gasteiger partial charge in [-0.15, -0.1) is 0 Å². The van der Waals surface area contributed by atoms with Crippen LogP contribution in [0.25, 0.3) is 0 Å². The molecule has 0 radical (unpaired) electrons. The summed E-state index contributed by atoms with van der Waals surface area (Å²) in [6, 6.07) is -0.491. The summed E-state index contributed by atoms with van der Waals surface area (Å²) in [5.74, 6) is -0.744. The number of hydrogen-bond donors (Lipinski definition) is 2. The molecule has 18 heavy (non-hydrogen) atoms. The normalized spacial score (nSPS) is 11.1. The quantitative estimate of drug-likeness (QED) is 0.792. The van der Waals surface area contributed by atoms with Crippen LogP contribution >= 0.6 is 0 Å². The van der Waals surface area contributed by atoms with E-state index in [1.165, 1.54) is 18.7 Å². The summed E-state index contributed by atoms with van der Waals surface area (Å²) in [5.41, 5.74) is -1.28. The Morgan fingerprint density at radius 3 is 2.67 bits per heavy atom. The van der Waals surface area contributed by atoms with Crippen molar-refractivity contribution in [3.63, 3.8) is 0 Å². The van der Waals surface area contributed by atoms with Crippen molar-refractivity contribution < 1.29 is 19.2 Å². The monoisotopic (exact) mass is 256 g/mol. The van der Waals surface area contributed by atoms with Crippen LogP contribution in [0.4, 0.5) is 4.79 Å². The first-order valence-corrected chi connectivity index (χ1v) is 5.43. The molecule has 8 heteroatoms. The Balaban J connectivity index is 2.65. The van der Waals surface area contributed by atoms with E-state index in [4.69, 9.17) is 5.11 Å². The summed E-state index contributed by atoms with van der Waals surface area (Å²) < 4.78 is 4.52. The van der Waals surface area contributed by atoms with Gasteiger partial charge < -0.3 is 19.8 Å². The lowest BCUT2D eigenvalue weighted by Gasteiger charge is -2.33. The van der Waals surface area contributed by atoms with Crippen molar-refractivity contribution in [2.75, 3.05) is 6.54 Å². The second kappa shape index (κ2) is 5.48. The van der Waals surface area contributed by atoms with Crippen molar-refractivity contribution in [1.29, 1.82) is 0 Å². The minimum Gasteiger partial charge on any atom is -0.480 e. The number of nitrogens with zero attached hydrogens (tertiary/aromatic N) is 3. The fraction of sp³-hybridized carbons (Fsp3) is 0.600. The van der Waals surface area contributed by atoms with Crippen molar-refractivity contribution in [2.45, 2.75) is 32.9 Å². The zero-order valence-corrected chi connectivity index (χ0v) is 10.5. The molecular weight excluding hydrogens is 240 g/mol. The molecule has 1 aromatic rings. The molecule has 0 spiro atoms. The Morgan fingerprint density at radius 1 is 1.56 bits per heavy atom. The molecule has 0 unspecified atom stereocenters. The summed E-state index contributed by atoms with van der Waals surface area (Å²) >= 11 is 0. The van der Waals surface area contributed by atoms with E-state index in [1.54, 1.807) is 6.92 Å². The molecule has 0 fully saturated rings. The molecule has 8 nitrogen and oxygen atoms in total. The number of urea groups is 1. The average Bonchev–Trinajstić information content (AvgIpc) is 2.79. The summed E-state index contributed by atoms with van der Waals surface area (Å²) in [6.07, 6.45) is 1.15. The third-order valence-electron chi connectivity index (χ3n) is 2.56. The fourth-order valence-corrected chi connectivity index (χ4v) is 1.43. The summed E-state index contributed by atoms with van der Waals surface area (Å²) in [4.78, 5) is 27.9. The Bertz CT molecular complexity index is 416. The van der Waals surface area contributed by atoms with Crippen LogP contribution in [-0.4, -0.2) is 44.2 Å². The number of carboxylic acid groups (broad SMARTS) is 1. The maximum Gasteiger partial charge on any atom is 0.329 e. The van der Waals surface area contributed by atoms with Gasteiger partial charge in [0, 0.05) is 6.54 Å². The Hall–Kier alpha value is -2.12. The molecule has 0 atom stereocenters. The molecule has 0 saturated heterocycles. The number of nitrogens with one attached hydrogen (secondary N) is 1. The summed E-state index contributed by atoms with van der Waals surface area (Å²) in [6.45, 7) is 5.00. The number of carbonyl (C=O) groups excluding carboxylic acids is 1. The largest absolute Gasteiger partial charge is 0.480 e. The van der Waals surface area contributed by atoms with Gasteiger partial charge in [-0.3, -0.25) is 0 Å². The van der Waals surface area contributed by atoms with Gasteiger partial charge in [-0.2, -0.15) is 4.98 Å². The maximum absolute atomic E-state index is 11.9. The zero-order chi connectivity index (χ0) is 13.8. The van der Waals surface area contributed by atoms with Gasteiger partial charge in [-0.1, -0.05) is 5.16 Å². The molecular formula is C10H16N4O4. The first-order valence-electron chi connectivity index (χ1n) is 5.43. The van der Waals surface area contributed by atoms with E-state index in [9.17, 15) is 9.59 Å². The molecule has 0 saturated carbocycles. The predicted octanol–water partition coefficient (Wildman–Crippen LogP) is 0.464. The number of hydrogen-bond acceptors (Lipinski definition) is 5. The van der Waals surface area contributed by atoms with Crippen LogP contribution in [0.15, 0.2) is 10.9 Å². The highest BCUT2D eigenvalue weighted by atomic mass is 16.5. The number of carbonyl (C=O) groups is 2. The molecule has 1 rings (SSSR count). The van der Waals surface area contributed by atoms with E-state index >= 15 is 0 Å². The topological polar surface area (TPSA) is 109 Å². The van der Waals surface area contributed by atoms with Gasteiger partial charge in [0.05, 0.1) is 6.54 Å². The van der Waals surface area contributed by atoms with Gasteiger partial charge in [-0.05, 0) is 20.8 Å². The van der Waals surface area contributed by atoms with E-state index in [0.717, 1.165) is 6.39 Å². The van der Waals surface area contributed by atoms with Gasteiger partial charge in [0.25, 0.3) is 0 Å². The van der Waals surface area contributed by atoms with Crippen molar-refractivity contribution >= 4 is 12.0 Å². The zero-order valence-electron chi connectivity index (χ0n) is 10.5. The lowest BCUT2D eigenvalue weighted by atomic mass is 10.0. The van der Waals surface area contributed by atoms with Crippen LogP contribution in [0.1, 0.15) is 26.6 Å². The summed E-state index contributed by atoms with van der Waals surface area (Å²) in [5, 5.41) is 15.2.